The number of nitrogens with one attached hydrogen (secondary N) is 1. The number of rotatable bonds is 3. The lowest BCUT2D eigenvalue weighted by atomic mass is 10.1. The molecule has 0 aliphatic carbocycles. The quantitative estimate of drug-likeness (QED) is 0.253. The van der Waals surface area contributed by atoms with Crippen LogP contribution in [-0.2, 0) is 25.2 Å². The lowest BCUT2D eigenvalue weighted by Crippen LogP contribution is -2.42. The van der Waals surface area contributed by atoms with Gasteiger partial charge in [-0.15, -0.1) is 0 Å². The van der Waals surface area contributed by atoms with Crippen LogP contribution in [0.4, 0.5) is 24.5 Å². The van der Waals surface area contributed by atoms with E-state index < -0.39 is 51.3 Å². The van der Waals surface area contributed by atoms with Gasteiger partial charge in [-0.25, -0.2) is 9.59 Å². The lowest BCUT2D eigenvalue weighted by molar-refractivity contribution is -0.384. The molecular formula is C14H10BrF3N2O6. The van der Waals surface area contributed by atoms with Gasteiger partial charge in [-0.2, -0.15) is 13.2 Å². The summed E-state index contributed by atoms with van der Waals surface area (Å²) in [4.78, 5) is 33.7. The van der Waals surface area contributed by atoms with E-state index in [9.17, 15) is 32.9 Å². The Kier molecular flexibility index (Phi) is 4.99. The van der Waals surface area contributed by atoms with E-state index in [-0.39, 0.29) is 4.47 Å². The second kappa shape index (κ2) is 6.59. The van der Waals surface area contributed by atoms with Crippen molar-refractivity contribution in [3.63, 3.8) is 0 Å². The number of nitro groups is 1. The van der Waals surface area contributed by atoms with Crippen molar-refractivity contribution in [1.82, 2.24) is 0 Å². The topological polar surface area (TPSA) is 108 Å². The SMILES string of the molecule is CC1(C)OC(=O)C(=CNc2c([N+](=O)[O-])cc(Br)cc2C(F)(F)F)C(=O)O1. The first-order valence-corrected chi connectivity index (χ1v) is 7.59. The predicted octanol–water partition coefficient (Wildman–Crippen LogP) is 3.51. The van der Waals surface area contributed by atoms with Crippen LogP contribution in [0.1, 0.15) is 19.4 Å². The molecule has 0 aromatic heterocycles. The van der Waals surface area contributed by atoms with Gasteiger partial charge < -0.3 is 14.8 Å². The van der Waals surface area contributed by atoms with Crippen LogP contribution in [0, 0.1) is 10.1 Å². The summed E-state index contributed by atoms with van der Waals surface area (Å²) in [6.45, 7) is 2.57. The van der Waals surface area contributed by atoms with Gasteiger partial charge in [0.15, 0.2) is 5.57 Å². The molecule has 1 aromatic rings. The highest BCUT2D eigenvalue weighted by atomic mass is 79.9. The minimum atomic E-state index is -4.94. The van der Waals surface area contributed by atoms with E-state index in [2.05, 4.69) is 15.9 Å². The standard InChI is InChI=1S/C14H10BrF3N2O6/c1-13(2)25-11(21)7(12(22)26-13)5-19-10-8(14(16,17)18)3-6(15)4-9(10)20(23)24/h3-5,19H,1-2H3. The van der Waals surface area contributed by atoms with E-state index in [1.54, 1.807) is 0 Å². The molecule has 0 spiro atoms. The minimum absolute atomic E-state index is 0.173. The van der Waals surface area contributed by atoms with Gasteiger partial charge in [0.05, 0.1) is 10.5 Å². The van der Waals surface area contributed by atoms with Gasteiger partial charge in [-0.05, 0) is 6.07 Å². The van der Waals surface area contributed by atoms with Gasteiger partial charge in [-0.3, -0.25) is 10.1 Å². The Labute approximate surface area is 152 Å². The first kappa shape index (κ1) is 19.7. The molecule has 1 aromatic carbocycles. The molecule has 0 unspecified atom stereocenters. The van der Waals surface area contributed by atoms with Crippen molar-refractivity contribution in [2.75, 3.05) is 5.32 Å². The molecular weight excluding hydrogens is 429 g/mol. The number of cyclic esters (lactones) is 2. The van der Waals surface area contributed by atoms with Crippen LogP contribution < -0.4 is 5.32 Å². The van der Waals surface area contributed by atoms with Crippen molar-refractivity contribution < 1.29 is 37.2 Å². The number of ether oxygens (including phenoxy) is 2. The first-order valence-electron chi connectivity index (χ1n) is 6.80. The largest absolute Gasteiger partial charge is 0.419 e. The number of halogens is 4. The summed E-state index contributed by atoms with van der Waals surface area (Å²) in [6, 6.07) is 1.46. The Morgan fingerprint density at radius 1 is 1.23 bits per heavy atom. The fourth-order valence-corrected chi connectivity index (χ4v) is 2.48. The maximum atomic E-state index is 13.2. The number of carbonyl (C=O) groups excluding carboxylic acids is 2. The van der Waals surface area contributed by atoms with Crippen LogP contribution >= 0.6 is 15.9 Å². The fraction of sp³-hybridized carbons (Fsp3) is 0.286. The maximum absolute atomic E-state index is 13.2. The molecule has 12 heteroatoms. The Hall–Kier alpha value is -2.63. The zero-order chi connectivity index (χ0) is 19.9. The molecule has 0 bridgehead atoms. The highest BCUT2D eigenvalue weighted by Gasteiger charge is 2.40. The summed E-state index contributed by atoms with van der Waals surface area (Å²) < 4.78 is 49.0. The first-order chi connectivity index (χ1) is 11.8. The molecule has 0 amide bonds. The normalized spacial score (nSPS) is 16.6. The number of nitrogens with zero attached hydrogens (tertiary/aromatic N) is 1. The molecule has 26 heavy (non-hydrogen) atoms. The highest BCUT2D eigenvalue weighted by Crippen LogP contribution is 2.42. The molecule has 1 aliphatic heterocycles. The lowest BCUT2D eigenvalue weighted by Gasteiger charge is -2.29. The second-order valence-corrected chi connectivity index (χ2v) is 6.40. The third kappa shape index (κ3) is 4.12. The summed E-state index contributed by atoms with van der Waals surface area (Å²) in [6.07, 6.45) is -4.36. The molecule has 8 nitrogen and oxygen atoms in total. The summed E-state index contributed by atoms with van der Waals surface area (Å²) >= 11 is 2.77. The van der Waals surface area contributed by atoms with Gasteiger partial charge in [0, 0.05) is 30.6 Å². The summed E-state index contributed by atoms with van der Waals surface area (Å²) in [7, 11) is 0. The molecule has 1 fully saturated rings. The molecule has 0 atom stereocenters. The van der Waals surface area contributed by atoms with Crippen molar-refractivity contribution in [3.8, 4) is 0 Å². The van der Waals surface area contributed by atoms with Crippen LogP contribution in [0.25, 0.3) is 0 Å². The predicted molar refractivity (Wildman–Crippen MR) is 83.8 cm³/mol. The Morgan fingerprint density at radius 3 is 2.23 bits per heavy atom. The van der Waals surface area contributed by atoms with Gasteiger partial charge >= 0.3 is 18.1 Å². The van der Waals surface area contributed by atoms with Gasteiger partial charge in [0.2, 0.25) is 0 Å². The van der Waals surface area contributed by atoms with E-state index in [4.69, 9.17) is 9.47 Å². The van der Waals surface area contributed by atoms with E-state index in [1.165, 1.54) is 13.8 Å². The Balaban J connectivity index is 2.51. The number of esters is 2. The number of carbonyl (C=O) groups is 2. The molecule has 140 valence electrons. The number of benzene rings is 1. The molecule has 2 rings (SSSR count). The fourth-order valence-electron chi connectivity index (χ4n) is 2.03. The van der Waals surface area contributed by atoms with Gasteiger partial charge in [0.25, 0.3) is 11.5 Å². The number of alkyl halides is 3. The highest BCUT2D eigenvalue weighted by molar-refractivity contribution is 9.10. The van der Waals surface area contributed by atoms with Crippen molar-refractivity contribution in [3.05, 3.63) is 44.1 Å². The molecule has 1 heterocycles. The van der Waals surface area contributed by atoms with E-state index in [1.807, 2.05) is 5.32 Å². The molecule has 0 saturated carbocycles. The monoisotopic (exact) mass is 438 g/mol. The molecule has 0 radical (unpaired) electrons. The van der Waals surface area contributed by atoms with Gasteiger partial charge in [-0.1, -0.05) is 15.9 Å². The van der Waals surface area contributed by atoms with Crippen LogP contribution in [-0.4, -0.2) is 22.6 Å². The number of nitro benzene ring substituents is 1. The van der Waals surface area contributed by atoms with Crippen molar-refractivity contribution >= 4 is 39.2 Å². The Bertz CT molecular complexity index is 813. The van der Waals surface area contributed by atoms with E-state index >= 15 is 0 Å². The van der Waals surface area contributed by atoms with Crippen LogP contribution in [0.3, 0.4) is 0 Å². The number of hydrogen-bond donors (Lipinski definition) is 1. The summed E-state index contributed by atoms with van der Waals surface area (Å²) in [5.41, 5.74) is -3.96. The number of hydrogen-bond acceptors (Lipinski definition) is 7. The smallest absolute Gasteiger partial charge is 0.418 e. The number of anilines is 1. The van der Waals surface area contributed by atoms with Crippen molar-refractivity contribution in [1.29, 1.82) is 0 Å². The third-order valence-electron chi connectivity index (χ3n) is 3.06. The van der Waals surface area contributed by atoms with Gasteiger partial charge in [0.1, 0.15) is 5.69 Å². The third-order valence-corrected chi connectivity index (χ3v) is 3.52. The molecule has 1 aliphatic rings. The molecule has 1 saturated heterocycles. The van der Waals surface area contributed by atoms with Crippen LogP contribution in [0.2, 0.25) is 0 Å². The zero-order valence-electron chi connectivity index (χ0n) is 13.1. The Morgan fingerprint density at radius 2 is 1.77 bits per heavy atom. The minimum Gasteiger partial charge on any atom is -0.419 e. The zero-order valence-corrected chi connectivity index (χ0v) is 14.7. The van der Waals surface area contributed by atoms with Crippen LogP contribution in [0.5, 0.6) is 0 Å². The van der Waals surface area contributed by atoms with E-state index in [0.29, 0.717) is 12.3 Å². The second-order valence-electron chi connectivity index (χ2n) is 5.48. The van der Waals surface area contributed by atoms with Crippen molar-refractivity contribution in [2.24, 2.45) is 0 Å². The molecule has 1 N–H and O–H groups in total. The van der Waals surface area contributed by atoms with Crippen LogP contribution in [0.15, 0.2) is 28.4 Å². The summed E-state index contributed by atoms with van der Waals surface area (Å²) in [5.74, 6) is -3.83. The summed E-state index contributed by atoms with van der Waals surface area (Å²) in [5, 5.41) is 13.1. The average molecular weight is 439 g/mol. The van der Waals surface area contributed by atoms with E-state index in [0.717, 1.165) is 6.07 Å². The average Bonchev–Trinajstić information content (AvgIpc) is 2.44. The maximum Gasteiger partial charge on any atom is 0.418 e. The van der Waals surface area contributed by atoms with Crippen molar-refractivity contribution in [2.45, 2.75) is 25.8 Å².